The van der Waals surface area contributed by atoms with Gasteiger partial charge in [-0.1, -0.05) is 158 Å². The second-order valence-corrected chi connectivity index (χ2v) is 17.3. The lowest BCUT2D eigenvalue weighted by Crippen LogP contribution is -1.98. The van der Waals surface area contributed by atoms with Gasteiger partial charge in [-0.25, -0.2) is 0 Å². The van der Waals surface area contributed by atoms with E-state index in [4.69, 9.17) is 0 Å². The lowest BCUT2D eigenvalue weighted by molar-refractivity contribution is 0.857. The Balaban J connectivity index is 0.840. The van der Waals surface area contributed by atoms with Crippen LogP contribution in [-0.2, 0) is 0 Å². The molecule has 0 saturated heterocycles. The minimum absolute atomic E-state index is 0.414. The fraction of sp³-hybridized carbons (Fsp3) is 0.0370. The number of nitrogens with zero attached hydrogens (tertiary/aromatic N) is 1. The Morgan fingerprint density at radius 3 is 1.86 bits per heavy atom. The van der Waals surface area contributed by atoms with Crippen molar-refractivity contribution in [3.05, 3.63) is 205 Å². The summed E-state index contributed by atoms with van der Waals surface area (Å²) in [5, 5.41) is 7.96. The number of thiophene rings is 2. The van der Waals surface area contributed by atoms with E-state index in [2.05, 4.69) is 199 Å². The molecule has 1 atom stereocenters. The van der Waals surface area contributed by atoms with Crippen LogP contribution < -0.4 is 0 Å². The van der Waals surface area contributed by atoms with Crippen LogP contribution >= 0.6 is 22.7 Å². The van der Waals surface area contributed by atoms with Crippen LogP contribution in [0.4, 0.5) is 0 Å². The van der Waals surface area contributed by atoms with Crippen molar-refractivity contribution in [1.82, 2.24) is 4.57 Å². The van der Waals surface area contributed by atoms with Crippen molar-refractivity contribution in [3.63, 3.8) is 0 Å². The Hall–Kier alpha value is -6.52. The van der Waals surface area contributed by atoms with Crippen molar-refractivity contribution in [2.45, 2.75) is 12.3 Å². The van der Waals surface area contributed by atoms with Gasteiger partial charge in [-0.15, -0.1) is 22.7 Å². The molecule has 57 heavy (non-hydrogen) atoms. The standard InChI is InChI=1S/C54H35NS2/c1-2-8-34(9-3-1)35-14-16-36(17-15-35)37-18-20-38(21-19-37)39-22-24-40(25-23-39)41-26-28-44-45-29-27-42(33-52(45)56-51(44)32-41)55-48-12-6-4-11-47(48)53-49(55)31-30-46-43-10-5-7-13-50(43)57-54(46)53/h1-16,18-33,36H,17H2. The maximum atomic E-state index is 2.46. The van der Waals surface area contributed by atoms with Crippen LogP contribution in [0, 0.1) is 0 Å². The SMILES string of the molecule is C1=CC(c2ccc(-c3ccc(-c4ccc5c(c4)sc4cc(-n6c7ccccc7c7c8sc9ccccc9c8ccc76)ccc45)cc3)cc2)CC=C1c1ccccc1. The molecule has 0 saturated carbocycles. The van der Waals surface area contributed by atoms with E-state index < -0.39 is 0 Å². The minimum atomic E-state index is 0.414. The summed E-state index contributed by atoms with van der Waals surface area (Å²) in [7, 11) is 0. The molecule has 0 aliphatic heterocycles. The van der Waals surface area contributed by atoms with Gasteiger partial charge >= 0.3 is 0 Å². The van der Waals surface area contributed by atoms with Gasteiger partial charge in [-0.3, -0.25) is 0 Å². The summed E-state index contributed by atoms with van der Waals surface area (Å²) in [4.78, 5) is 0. The molecule has 1 nitrogen and oxygen atoms in total. The van der Waals surface area contributed by atoms with Gasteiger partial charge in [0, 0.05) is 62.7 Å². The van der Waals surface area contributed by atoms with E-state index >= 15 is 0 Å². The summed E-state index contributed by atoms with van der Waals surface area (Å²) >= 11 is 3.80. The number of allylic oxidation sites excluding steroid dienone is 4. The number of para-hydroxylation sites is 1. The van der Waals surface area contributed by atoms with Gasteiger partial charge in [0.05, 0.1) is 11.0 Å². The molecule has 0 amide bonds. The maximum absolute atomic E-state index is 2.46. The normalized spacial score (nSPS) is 14.5. The molecule has 3 aromatic heterocycles. The Morgan fingerprint density at radius 1 is 0.439 bits per heavy atom. The number of rotatable bonds is 5. The molecule has 0 N–H and O–H groups in total. The average molecular weight is 762 g/mol. The fourth-order valence-electron chi connectivity index (χ4n) is 9.09. The van der Waals surface area contributed by atoms with Crippen LogP contribution in [0.2, 0.25) is 0 Å². The molecule has 0 bridgehead atoms. The summed E-state index contributed by atoms with van der Waals surface area (Å²) in [5.41, 5.74) is 12.6. The number of hydrogen-bond acceptors (Lipinski definition) is 2. The van der Waals surface area contributed by atoms with Gasteiger partial charge in [0.1, 0.15) is 0 Å². The monoisotopic (exact) mass is 761 g/mol. The lowest BCUT2D eigenvalue weighted by Gasteiger charge is -2.17. The van der Waals surface area contributed by atoms with Gasteiger partial charge in [0.25, 0.3) is 0 Å². The highest BCUT2D eigenvalue weighted by Crippen LogP contribution is 2.44. The molecule has 0 radical (unpaired) electrons. The third-order valence-electron chi connectivity index (χ3n) is 12.0. The summed E-state index contributed by atoms with van der Waals surface area (Å²) in [6, 6.07) is 65.2. The molecule has 1 aliphatic rings. The van der Waals surface area contributed by atoms with Gasteiger partial charge < -0.3 is 4.57 Å². The van der Waals surface area contributed by atoms with Crippen LogP contribution in [0.25, 0.3) is 95.7 Å². The molecule has 0 fully saturated rings. The van der Waals surface area contributed by atoms with Crippen molar-refractivity contribution in [2.75, 3.05) is 0 Å². The average Bonchev–Trinajstić information content (AvgIpc) is 3.96. The van der Waals surface area contributed by atoms with E-state index in [-0.39, 0.29) is 0 Å². The van der Waals surface area contributed by atoms with E-state index in [0.29, 0.717) is 5.92 Å². The van der Waals surface area contributed by atoms with E-state index in [1.807, 2.05) is 22.7 Å². The number of benzene rings is 8. The number of aromatic nitrogens is 1. The first kappa shape index (κ1) is 32.7. The van der Waals surface area contributed by atoms with E-state index in [1.54, 1.807) is 0 Å². The van der Waals surface area contributed by atoms with Crippen molar-refractivity contribution in [1.29, 1.82) is 0 Å². The summed E-state index contributed by atoms with van der Waals surface area (Å²) < 4.78 is 7.80. The minimum Gasteiger partial charge on any atom is -0.309 e. The first-order chi connectivity index (χ1) is 28.2. The summed E-state index contributed by atoms with van der Waals surface area (Å²) in [6.07, 6.45) is 8.03. The molecule has 8 aromatic carbocycles. The Labute approximate surface area is 338 Å². The van der Waals surface area contributed by atoms with Gasteiger partial charge in [0.15, 0.2) is 0 Å². The second-order valence-electron chi connectivity index (χ2n) is 15.2. The molecule has 268 valence electrons. The molecule has 1 unspecified atom stereocenters. The van der Waals surface area contributed by atoms with E-state index in [9.17, 15) is 0 Å². The number of fused-ring (bicyclic) bond motifs is 10. The van der Waals surface area contributed by atoms with E-state index in [0.717, 1.165) is 6.42 Å². The van der Waals surface area contributed by atoms with Crippen molar-refractivity contribution in [3.8, 4) is 27.9 Å². The van der Waals surface area contributed by atoms with Gasteiger partial charge in [-0.05, 0) is 81.8 Å². The first-order valence-corrected chi connectivity index (χ1v) is 21.3. The molecule has 3 heteroatoms. The Morgan fingerprint density at radius 2 is 1.07 bits per heavy atom. The Kier molecular flexibility index (Phi) is 7.47. The van der Waals surface area contributed by atoms with Crippen LogP contribution in [0.5, 0.6) is 0 Å². The molecule has 0 spiro atoms. The summed E-state index contributed by atoms with van der Waals surface area (Å²) in [6.45, 7) is 0. The highest BCUT2D eigenvalue weighted by molar-refractivity contribution is 7.27. The molecular formula is C54H35NS2. The zero-order chi connectivity index (χ0) is 37.5. The highest BCUT2D eigenvalue weighted by Gasteiger charge is 2.18. The predicted molar refractivity (Wildman–Crippen MR) is 248 cm³/mol. The van der Waals surface area contributed by atoms with Crippen LogP contribution in [-0.4, -0.2) is 4.57 Å². The number of hydrogen-bond donors (Lipinski definition) is 0. The maximum Gasteiger partial charge on any atom is 0.0555 e. The smallest absolute Gasteiger partial charge is 0.0555 e. The third-order valence-corrected chi connectivity index (χ3v) is 14.3. The first-order valence-electron chi connectivity index (χ1n) is 19.7. The third kappa shape index (κ3) is 5.34. The highest BCUT2D eigenvalue weighted by atomic mass is 32.1. The molecule has 1 aliphatic carbocycles. The molecule has 3 heterocycles. The van der Waals surface area contributed by atoms with Crippen molar-refractivity contribution >= 4 is 90.4 Å². The largest absolute Gasteiger partial charge is 0.309 e. The van der Waals surface area contributed by atoms with Gasteiger partial charge in [-0.2, -0.15) is 0 Å². The molecular weight excluding hydrogens is 727 g/mol. The van der Waals surface area contributed by atoms with E-state index in [1.165, 1.54) is 107 Å². The van der Waals surface area contributed by atoms with Crippen LogP contribution in [0.1, 0.15) is 23.5 Å². The Bertz CT molecular complexity index is 3410. The molecule has 12 rings (SSSR count). The zero-order valence-electron chi connectivity index (χ0n) is 31.0. The van der Waals surface area contributed by atoms with Gasteiger partial charge in [0.2, 0.25) is 0 Å². The lowest BCUT2D eigenvalue weighted by atomic mass is 9.87. The zero-order valence-corrected chi connectivity index (χ0v) is 32.7. The summed E-state index contributed by atoms with van der Waals surface area (Å²) in [5.74, 6) is 0.414. The van der Waals surface area contributed by atoms with Crippen LogP contribution in [0.15, 0.2) is 194 Å². The molecule has 11 aromatic rings. The van der Waals surface area contributed by atoms with Crippen molar-refractivity contribution in [2.24, 2.45) is 0 Å². The van der Waals surface area contributed by atoms with Crippen molar-refractivity contribution < 1.29 is 0 Å². The predicted octanol–water partition coefficient (Wildman–Crippen LogP) is 16.0. The second kappa shape index (κ2) is 13.0. The van der Waals surface area contributed by atoms with Crippen LogP contribution in [0.3, 0.4) is 0 Å². The fourth-order valence-corrected chi connectivity index (χ4v) is 11.5. The topological polar surface area (TPSA) is 4.93 Å². The quantitative estimate of drug-likeness (QED) is 0.165.